The molecule has 144 valence electrons. The minimum atomic E-state index is -0.784. The summed E-state index contributed by atoms with van der Waals surface area (Å²) in [6.45, 7) is 3.88. The number of halogens is 4. The smallest absolute Gasteiger partial charge is 0.238 e. The van der Waals surface area contributed by atoms with Gasteiger partial charge in [0.25, 0.3) is 0 Å². The molecule has 2 aromatic carbocycles. The van der Waals surface area contributed by atoms with Gasteiger partial charge in [0.05, 0.1) is 12.2 Å². The molecule has 0 unspecified atom stereocenters. The number of nitrogens with one attached hydrogen (secondary N) is 1. The van der Waals surface area contributed by atoms with E-state index in [-0.39, 0.29) is 18.1 Å². The number of hydrogen-bond donors (Lipinski definition) is 1. The Balaban J connectivity index is 1.47. The molecule has 0 spiro atoms. The van der Waals surface area contributed by atoms with Gasteiger partial charge in [-0.1, -0.05) is 29.3 Å². The molecule has 1 heterocycles. The zero-order chi connectivity index (χ0) is 19.4. The van der Waals surface area contributed by atoms with Gasteiger partial charge in [-0.15, -0.1) is 0 Å². The van der Waals surface area contributed by atoms with E-state index in [1.54, 1.807) is 6.07 Å². The Morgan fingerprint density at radius 3 is 2.37 bits per heavy atom. The number of piperazine rings is 1. The van der Waals surface area contributed by atoms with Crippen LogP contribution in [-0.2, 0) is 11.3 Å². The highest BCUT2D eigenvalue weighted by atomic mass is 35.5. The number of nitrogens with zero attached hydrogens (tertiary/aromatic N) is 2. The molecule has 1 fully saturated rings. The highest BCUT2D eigenvalue weighted by Crippen LogP contribution is 2.22. The van der Waals surface area contributed by atoms with Crippen molar-refractivity contribution in [1.29, 1.82) is 0 Å². The van der Waals surface area contributed by atoms with E-state index in [9.17, 15) is 13.6 Å². The van der Waals surface area contributed by atoms with Crippen molar-refractivity contribution in [2.24, 2.45) is 0 Å². The van der Waals surface area contributed by atoms with Gasteiger partial charge in [-0.2, -0.15) is 0 Å². The summed E-state index contributed by atoms with van der Waals surface area (Å²) in [6, 6.07) is 8.54. The number of carbonyl (C=O) groups is 1. The van der Waals surface area contributed by atoms with Crippen molar-refractivity contribution in [3.63, 3.8) is 0 Å². The molecule has 0 aromatic heterocycles. The van der Waals surface area contributed by atoms with E-state index in [0.29, 0.717) is 23.1 Å². The van der Waals surface area contributed by atoms with E-state index in [2.05, 4.69) is 10.2 Å². The Hall–Kier alpha value is -1.73. The van der Waals surface area contributed by atoms with E-state index in [0.717, 1.165) is 37.3 Å². The van der Waals surface area contributed by atoms with Crippen LogP contribution in [0.4, 0.5) is 14.5 Å². The van der Waals surface area contributed by atoms with Gasteiger partial charge in [-0.05, 0) is 29.8 Å². The summed E-state index contributed by atoms with van der Waals surface area (Å²) in [4.78, 5) is 16.4. The molecule has 1 amide bonds. The predicted molar refractivity (Wildman–Crippen MR) is 103 cm³/mol. The largest absolute Gasteiger partial charge is 0.322 e. The van der Waals surface area contributed by atoms with Crippen LogP contribution in [0.25, 0.3) is 0 Å². The second kappa shape index (κ2) is 8.97. The number of amides is 1. The summed E-state index contributed by atoms with van der Waals surface area (Å²) in [5, 5.41) is 3.74. The number of anilines is 1. The summed E-state index contributed by atoms with van der Waals surface area (Å²) in [5.74, 6) is -1.79. The van der Waals surface area contributed by atoms with Crippen molar-refractivity contribution in [2.45, 2.75) is 6.54 Å². The lowest BCUT2D eigenvalue weighted by molar-refractivity contribution is -0.117. The topological polar surface area (TPSA) is 35.6 Å². The van der Waals surface area contributed by atoms with Crippen LogP contribution in [0.2, 0.25) is 10.0 Å². The third-order valence-corrected chi connectivity index (χ3v) is 5.03. The van der Waals surface area contributed by atoms with Gasteiger partial charge in [0.15, 0.2) is 0 Å². The van der Waals surface area contributed by atoms with Crippen LogP contribution in [0.1, 0.15) is 5.56 Å². The van der Waals surface area contributed by atoms with Crippen molar-refractivity contribution in [1.82, 2.24) is 9.80 Å². The van der Waals surface area contributed by atoms with Crippen molar-refractivity contribution in [2.75, 3.05) is 38.0 Å². The van der Waals surface area contributed by atoms with E-state index in [4.69, 9.17) is 23.2 Å². The standard InChI is InChI=1S/C19H19Cl2F2N3O/c20-14-2-1-13(16(21)9-14)11-25-5-7-26(8-6-25)12-19(27)24-18-4-3-15(22)10-17(18)23/h1-4,9-10H,5-8,11-12H2,(H,24,27). The number of hydrogen-bond acceptors (Lipinski definition) is 3. The first-order valence-electron chi connectivity index (χ1n) is 8.54. The van der Waals surface area contributed by atoms with Crippen LogP contribution in [0, 0.1) is 11.6 Å². The second-order valence-corrected chi connectivity index (χ2v) is 7.30. The molecule has 0 atom stereocenters. The van der Waals surface area contributed by atoms with Crippen LogP contribution in [-0.4, -0.2) is 48.4 Å². The highest BCUT2D eigenvalue weighted by molar-refractivity contribution is 6.35. The second-order valence-electron chi connectivity index (χ2n) is 6.46. The van der Waals surface area contributed by atoms with E-state index in [1.165, 1.54) is 6.07 Å². The van der Waals surface area contributed by atoms with Gasteiger partial charge in [0, 0.05) is 48.8 Å². The zero-order valence-corrected chi connectivity index (χ0v) is 16.0. The Bertz CT molecular complexity index is 827. The molecule has 3 rings (SSSR count). The van der Waals surface area contributed by atoms with Crippen LogP contribution in [0.15, 0.2) is 36.4 Å². The molecule has 8 heteroatoms. The Labute approximate surface area is 166 Å². The van der Waals surface area contributed by atoms with E-state index >= 15 is 0 Å². The summed E-state index contributed by atoms with van der Waals surface area (Å²) in [6.07, 6.45) is 0. The molecule has 27 heavy (non-hydrogen) atoms. The quantitative estimate of drug-likeness (QED) is 0.803. The maximum atomic E-state index is 13.6. The number of benzene rings is 2. The van der Waals surface area contributed by atoms with Crippen LogP contribution in [0.5, 0.6) is 0 Å². The van der Waals surface area contributed by atoms with Crippen molar-refractivity contribution in [3.8, 4) is 0 Å². The minimum absolute atomic E-state index is 0.0163. The number of rotatable bonds is 5. The third kappa shape index (κ3) is 5.62. The molecular formula is C19H19Cl2F2N3O. The fourth-order valence-electron chi connectivity index (χ4n) is 2.98. The summed E-state index contributed by atoms with van der Waals surface area (Å²) < 4.78 is 26.5. The van der Waals surface area contributed by atoms with Crippen molar-refractivity contribution < 1.29 is 13.6 Å². The SMILES string of the molecule is O=C(CN1CCN(Cc2ccc(Cl)cc2Cl)CC1)Nc1ccc(F)cc1F. The Morgan fingerprint density at radius 1 is 1.00 bits per heavy atom. The molecule has 1 N–H and O–H groups in total. The average molecular weight is 414 g/mol. The van der Waals surface area contributed by atoms with E-state index < -0.39 is 11.6 Å². The van der Waals surface area contributed by atoms with Crippen molar-refractivity contribution in [3.05, 3.63) is 63.6 Å². The van der Waals surface area contributed by atoms with Gasteiger partial charge >= 0.3 is 0 Å². The van der Waals surface area contributed by atoms with Gasteiger partial charge in [0.2, 0.25) is 5.91 Å². The molecule has 1 aliphatic rings. The third-order valence-electron chi connectivity index (χ3n) is 4.45. The molecule has 0 bridgehead atoms. The predicted octanol–water partition coefficient (Wildman–Crippen LogP) is 4.03. The average Bonchev–Trinajstić information content (AvgIpc) is 2.61. The minimum Gasteiger partial charge on any atom is -0.322 e. The first-order valence-corrected chi connectivity index (χ1v) is 9.30. The normalized spacial score (nSPS) is 15.7. The maximum Gasteiger partial charge on any atom is 0.238 e. The lowest BCUT2D eigenvalue weighted by atomic mass is 10.2. The Kier molecular flexibility index (Phi) is 6.65. The van der Waals surface area contributed by atoms with Crippen LogP contribution < -0.4 is 5.32 Å². The maximum absolute atomic E-state index is 13.6. The zero-order valence-electron chi connectivity index (χ0n) is 14.5. The molecule has 2 aromatic rings. The first kappa shape index (κ1) is 20.0. The Morgan fingerprint density at radius 2 is 1.70 bits per heavy atom. The molecule has 0 aliphatic carbocycles. The monoisotopic (exact) mass is 413 g/mol. The van der Waals surface area contributed by atoms with Gasteiger partial charge in [-0.3, -0.25) is 14.6 Å². The molecule has 0 radical (unpaired) electrons. The van der Waals surface area contributed by atoms with Crippen molar-refractivity contribution >= 4 is 34.8 Å². The molecule has 4 nitrogen and oxygen atoms in total. The lowest BCUT2D eigenvalue weighted by Gasteiger charge is -2.34. The van der Waals surface area contributed by atoms with Gasteiger partial charge in [-0.25, -0.2) is 8.78 Å². The molecular weight excluding hydrogens is 395 g/mol. The summed E-state index contributed by atoms with van der Waals surface area (Å²) in [7, 11) is 0. The molecule has 0 saturated carbocycles. The van der Waals surface area contributed by atoms with E-state index in [1.807, 2.05) is 17.0 Å². The summed E-state index contributed by atoms with van der Waals surface area (Å²) >= 11 is 12.1. The number of carbonyl (C=O) groups excluding carboxylic acids is 1. The molecule has 1 aliphatic heterocycles. The highest BCUT2D eigenvalue weighted by Gasteiger charge is 2.20. The fraction of sp³-hybridized carbons (Fsp3) is 0.316. The molecule has 1 saturated heterocycles. The van der Waals surface area contributed by atoms with Crippen LogP contribution in [0.3, 0.4) is 0 Å². The first-order chi connectivity index (χ1) is 12.9. The van der Waals surface area contributed by atoms with Crippen LogP contribution >= 0.6 is 23.2 Å². The summed E-state index contributed by atoms with van der Waals surface area (Å²) in [5.41, 5.74) is 0.997. The fourth-order valence-corrected chi connectivity index (χ4v) is 3.45. The van der Waals surface area contributed by atoms with Gasteiger partial charge < -0.3 is 5.32 Å². The van der Waals surface area contributed by atoms with Gasteiger partial charge in [0.1, 0.15) is 11.6 Å². The lowest BCUT2D eigenvalue weighted by Crippen LogP contribution is -2.48.